The number of hydrogen-bond acceptors (Lipinski definition) is 1. The Morgan fingerprint density at radius 2 is 2.08 bits per heavy atom. The van der Waals surface area contributed by atoms with Crippen LogP contribution in [-0.4, -0.2) is 9.78 Å². The van der Waals surface area contributed by atoms with Crippen LogP contribution < -0.4 is 5.56 Å². The van der Waals surface area contributed by atoms with Gasteiger partial charge in [0.25, 0.3) is 5.56 Å². The first kappa shape index (κ1) is 8.60. The van der Waals surface area contributed by atoms with Crippen molar-refractivity contribution in [3.63, 3.8) is 0 Å². The molecule has 3 nitrogen and oxygen atoms in total. The van der Waals surface area contributed by atoms with Gasteiger partial charge in [-0.15, -0.1) is 0 Å². The number of H-pyrrole nitrogens is 1. The molecule has 1 aliphatic rings. The molecule has 0 unspecified atom stereocenters. The average molecular weight is 180 g/mol. The summed E-state index contributed by atoms with van der Waals surface area (Å²) in [5.41, 5.74) is 1.15. The van der Waals surface area contributed by atoms with E-state index in [9.17, 15) is 4.79 Å². The fourth-order valence-electron chi connectivity index (χ4n) is 2.19. The maximum absolute atomic E-state index is 11.6. The van der Waals surface area contributed by atoms with E-state index in [-0.39, 0.29) is 5.56 Å². The minimum atomic E-state index is 0.159. The molecule has 0 bridgehead atoms. The molecular formula is C10H16N2O. The van der Waals surface area contributed by atoms with Gasteiger partial charge in [0.2, 0.25) is 0 Å². The zero-order valence-electron chi connectivity index (χ0n) is 8.05. The van der Waals surface area contributed by atoms with Crippen molar-refractivity contribution in [2.24, 2.45) is 7.05 Å². The lowest BCUT2D eigenvalue weighted by molar-refractivity contribution is 0.441. The predicted molar refractivity (Wildman–Crippen MR) is 51.9 cm³/mol. The highest BCUT2D eigenvalue weighted by Crippen LogP contribution is 2.30. The van der Waals surface area contributed by atoms with E-state index < -0.39 is 0 Å². The van der Waals surface area contributed by atoms with Crippen LogP contribution >= 0.6 is 0 Å². The summed E-state index contributed by atoms with van der Waals surface area (Å²) < 4.78 is 1.56. The van der Waals surface area contributed by atoms with E-state index in [4.69, 9.17) is 0 Å². The predicted octanol–water partition coefficient (Wildman–Crippen LogP) is 1.76. The normalized spacial score (nSPS) is 19.2. The van der Waals surface area contributed by atoms with Gasteiger partial charge in [-0.1, -0.05) is 19.3 Å². The standard InChI is InChI=1S/C10H16N2O/c1-12-10(13)9(7-11-12)8-5-3-2-4-6-8/h7-8,11H,2-6H2,1H3. The lowest BCUT2D eigenvalue weighted by Gasteiger charge is -2.19. The van der Waals surface area contributed by atoms with Crippen molar-refractivity contribution in [2.75, 3.05) is 0 Å². The summed E-state index contributed by atoms with van der Waals surface area (Å²) in [5.74, 6) is 0.513. The third-order valence-electron chi connectivity index (χ3n) is 3.01. The van der Waals surface area contributed by atoms with Crippen molar-refractivity contribution in [1.82, 2.24) is 9.78 Å². The summed E-state index contributed by atoms with van der Waals surface area (Å²) in [6.07, 6.45) is 8.14. The lowest BCUT2D eigenvalue weighted by atomic mass is 9.85. The molecule has 3 heteroatoms. The van der Waals surface area contributed by atoms with Gasteiger partial charge in [0.1, 0.15) is 0 Å². The van der Waals surface area contributed by atoms with Gasteiger partial charge in [-0.3, -0.25) is 9.48 Å². The number of aromatic amines is 1. The molecule has 1 fully saturated rings. The van der Waals surface area contributed by atoms with Crippen molar-refractivity contribution < 1.29 is 0 Å². The maximum Gasteiger partial charge on any atom is 0.269 e. The molecule has 0 aliphatic heterocycles. The summed E-state index contributed by atoms with van der Waals surface area (Å²) in [6.45, 7) is 0. The molecule has 0 atom stereocenters. The topological polar surface area (TPSA) is 37.8 Å². The van der Waals surface area contributed by atoms with Gasteiger partial charge in [-0.25, -0.2) is 0 Å². The van der Waals surface area contributed by atoms with E-state index in [0.29, 0.717) is 5.92 Å². The third kappa shape index (κ3) is 1.55. The van der Waals surface area contributed by atoms with E-state index in [1.165, 1.54) is 32.1 Å². The van der Waals surface area contributed by atoms with Crippen LogP contribution in [-0.2, 0) is 7.05 Å². The van der Waals surface area contributed by atoms with Crippen LogP contribution in [0.3, 0.4) is 0 Å². The van der Waals surface area contributed by atoms with Crippen LogP contribution in [0.15, 0.2) is 11.0 Å². The van der Waals surface area contributed by atoms with Crippen LogP contribution in [0, 0.1) is 0 Å². The number of hydrogen-bond donors (Lipinski definition) is 1. The molecule has 0 saturated heterocycles. The summed E-state index contributed by atoms with van der Waals surface area (Å²) >= 11 is 0. The fraction of sp³-hybridized carbons (Fsp3) is 0.700. The highest BCUT2D eigenvalue weighted by Gasteiger charge is 2.19. The summed E-state index contributed by atoms with van der Waals surface area (Å²) in [4.78, 5) is 11.6. The van der Waals surface area contributed by atoms with Gasteiger partial charge in [-0.2, -0.15) is 0 Å². The Morgan fingerprint density at radius 1 is 1.38 bits per heavy atom. The lowest BCUT2D eigenvalue weighted by Crippen LogP contribution is -2.18. The summed E-state index contributed by atoms with van der Waals surface area (Å²) in [7, 11) is 1.77. The summed E-state index contributed by atoms with van der Waals surface area (Å²) in [6, 6.07) is 0. The van der Waals surface area contributed by atoms with Crippen molar-refractivity contribution in [3.8, 4) is 0 Å². The second-order valence-electron chi connectivity index (χ2n) is 3.93. The van der Waals surface area contributed by atoms with Crippen LogP contribution in [0.2, 0.25) is 0 Å². The Labute approximate surface area is 77.7 Å². The van der Waals surface area contributed by atoms with Crippen molar-refractivity contribution in [2.45, 2.75) is 38.0 Å². The molecule has 1 aliphatic carbocycles. The molecule has 1 heterocycles. The Morgan fingerprint density at radius 3 is 2.62 bits per heavy atom. The van der Waals surface area contributed by atoms with Crippen LogP contribution in [0.4, 0.5) is 0 Å². The smallest absolute Gasteiger partial charge is 0.269 e. The molecule has 0 aromatic carbocycles. The number of rotatable bonds is 1. The first-order valence-corrected chi connectivity index (χ1v) is 5.03. The fourth-order valence-corrected chi connectivity index (χ4v) is 2.19. The Kier molecular flexibility index (Phi) is 2.25. The van der Waals surface area contributed by atoms with Gasteiger partial charge >= 0.3 is 0 Å². The average Bonchev–Trinajstić information content (AvgIpc) is 2.49. The van der Waals surface area contributed by atoms with Crippen molar-refractivity contribution >= 4 is 0 Å². The second-order valence-corrected chi connectivity index (χ2v) is 3.93. The molecule has 0 radical (unpaired) electrons. The Hall–Kier alpha value is -0.990. The zero-order chi connectivity index (χ0) is 9.26. The van der Waals surface area contributed by atoms with Gasteiger partial charge < -0.3 is 5.10 Å². The Bertz CT molecular complexity index is 331. The first-order valence-electron chi connectivity index (χ1n) is 5.03. The van der Waals surface area contributed by atoms with Gasteiger partial charge in [0.15, 0.2) is 0 Å². The first-order chi connectivity index (χ1) is 6.29. The highest BCUT2D eigenvalue weighted by atomic mass is 16.1. The van der Waals surface area contributed by atoms with E-state index >= 15 is 0 Å². The quantitative estimate of drug-likeness (QED) is 0.702. The minimum Gasteiger partial charge on any atom is -0.303 e. The Balaban J connectivity index is 2.24. The van der Waals surface area contributed by atoms with Crippen molar-refractivity contribution in [1.29, 1.82) is 0 Å². The van der Waals surface area contributed by atoms with Gasteiger partial charge in [0.05, 0.1) is 0 Å². The van der Waals surface area contributed by atoms with Crippen LogP contribution in [0.25, 0.3) is 0 Å². The van der Waals surface area contributed by atoms with E-state index in [1.807, 2.05) is 6.20 Å². The second kappa shape index (κ2) is 3.40. The van der Waals surface area contributed by atoms with Gasteiger partial charge in [0, 0.05) is 18.8 Å². The molecule has 1 aromatic heterocycles. The minimum absolute atomic E-state index is 0.159. The zero-order valence-corrected chi connectivity index (χ0v) is 8.05. The monoisotopic (exact) mass is 180 g/mol. The number of nitrogens with zero attached hydrogens (tertiary/aromatic N) is 1. The SMILES string of the molecule is Cn1[nH]cc(C2CCCCC2)c1=O. The molecule has 1 aromatic rings. The highest BCUT2D eigenvalue weighted by molar-refractivity contribution is 5.12. The van der Waals surface area contributed by atoms with Crippen LogP contribution in [0.5, 0.6) is 0 Å². The molecule has 2 rings (SSSR count). The maximum atomic E-state index is 11.6. The van der Waals surface area contributed by atoms with E-state index in [1.54, 1.807) is 11.7 Å². The molecule has 1 saturated carbocycles. The number of nitrogens with one attached hydrogen (secondary N) is 1. The van der Waals surface area contributed by atoms with E-state index in [2.05, 4.69) is 5.10 Å². The molecule has 0 spiro atoms. The van der Waals surface area contributed by atoms with Crippen molar-refractivity contribution in [3.05, 3.63) is 22.1 Å². The largest absolute Gasteiger partial charge is 0.303 e. The van der Waals surface area contributed by atoms with E-state index in [0.717, 1.165) is 5.56 Å². The molecule has 1 N–H and O–H groups in total. The molecule has 0 amide bonds. The molecule has 13 heavy (non-hydrogen) atoms. The summed E-state index contributed by atoms with van der Waals surface area (Å²) in [5, 5.41) is 2.94. The number of aromatic nitrogens is 2. The van der Waals surface area contributed by atoms with Gasteiger partial charge in [-0.05, 0) is 18.8 Å². The van der Waals surface area contributed by atoms with Crippen LogP contribution in [0.1, 0.15) is 43.6 Å². The molecular weight excluding hydrogens is 164 g/mol. The third-order valence-corrected chi connectivity index (χ3v) is 3.01. The number of aryl methyl sites for hydroxylation is 1. The molecule has 72 valence electrons.